The molecule has 4 rings (SSSR count). The van der Waals surface area contributed by atoms with Gasteiger partial charge in [0.2, 0.25) is 0 Å². The first-order valence-electron chi connectivity index (χ1n) is 8.76. The zero-order chi connectivity index (χ0) is 17.6. The number of hydrogen-bond acceptors (Lipinski definition) is 7. The van der Waals surface area contributed by atoms with E-state index in [1.54, 1.807) is 18.7 Å². The number of carbonyl (C=O) groups is 1. The summed E-state index contributed by atoms with van der Waals surface area (Å²) in [5, 5.41) is 5.14. The van der Waals surface area contributed by atoms with Crippen LogP contribution in [0.25, 0.3) is 10.9 Å². The Hall–Kier alpha value is -2.28. The Bertz CT molecular complexity index is 798. The number of esters is 1. The molecule has 25 heavy (non-hydrogen) atoms. The molecule has 0 radical (unpaired) electrons. The summed E-state index contributed by atoms with van der Waals surface area (Å²) in [5.41, 5.74) is 0.376. The van der Waals surface area contributed by atoms with Crippen LogP contribution >= 0.6 is 0 Å². The highest BCUT2D eigenvalue weighted by molar-refractivity contribution is 5.88. The average molecular weight is 341 g/mol. The van der Waals surface area contributed by atoms with Crippen molar-refractivity contribution in [3.63, 3.8) is 0 Å². The predicted molar refractivity (Wildman–Crippen MR) is 93.7 cm³/mol. The van der Waals surface area contributed by atoms with Gasteiger partial charge in [0.15, 0.2) is 5.82 Å². The molecular formula is C18H23N5O2. The van der Waals surface area contributed by atoms with E-state index >= 15 is 0 Å². The van der Waals surface area contributed by atoms with Gasteiger partial charge in [-0.1, -0.05) is 0 Å². The predicted octanol–water partition coefficient (Wildman–Crippen LogP) is 2.18. The lowest BCUT2D eigenvalue weighted by Crippen LogP contribution is -2.56. The molecule has 2 bridgehead atoms. The molecule has 7 nitrogen and oxygen atoms in total. The summed E-state index contributed by atoms with van der Waals surface area (Å²) in [7, 11) is 0. The third-order valence-electron chi connectivity index (χ3n) is 4.83. The van der Waals surface area contributed by atoms with Gasteiger partial charge in [-0.2, -0.15) is 0 Å². The second-order valence-electron chi connectivity index (χ2n) is 7.69. The van der Waals surface area contributed by atoms with E-state index in [0.29, 0.717) is 5.92 Å². The monoisotopic (exact) mass is 341 g/mol. The van der Waals surface area contributed by atoms with E-state index in [1.165, 1.54) is 0 Å². The number of fused-ring (bicyclic) bond motifs is 3. The number of anilines is 1. The Balaban J connectivity index is 1.68. The summed E-state index contributed by atoms with van der Waals surface area (Å²) in [4.78, 5) is 25.8. The molecule has 0 saturated carbocycles. The van der Waals surface area contributed by atoms with Crippen LogP contribution in [0.3, 0.4) is 0 Å². The topological polar surface area (TPSA) is 71.5 Å². The van der Waals surface area contributed by atoms with Crippen LogP contribution in [0.15, 0.2) is 24.8 Å². The first-order valence-corrected chi connectivity index (χ1v) is 8.76. The molecule has 0 aromatic carbocycles. The van der Waals surface area contributed by atoms with Crippen molar-refractivity contribution in [2.24, 2.45) is 5.92 Å². The van der Waals surface area contributed by atoms with Gasteiger partial charge in [-0.05, 0) is 45.6 Å². The van der Waals surface area contributed by atoms with E-state index in [9.17, 15) is 4.79 Å². The molecule has 3 unspecified atom stereocenters. The highest BCUT2D eigenvalue weighted by Gasteiger charge is 2.47. The van der Waals surface area contributed by atoms with Gasteiger partial charge in [0.05, 0.1) is 10.9 Å². The van der Waals surface area contributed by atoms with E-state index < -0.39 is 5.60 Å². The summed E-state index contributed by atoms with van der Waals surface area (Å²) >= 11 is 0. The van der Waals surface area contributed by atoms with Crippen LogP contribution in [0.1, 0.15) is 33.6 Å². The molecule has 3 atom stereocenters. The average Bonchev–Trinajstić information content (AvgIpc) is 2.87. The Morgan fingerprint density at radius 2 is 2.04 bits per heavy atom. The van der Waals surface area contributed by atoms with Crippen LogP contribution < -0.4 is 5.01 Å². The van der Waals surface area contributed by atoms with Gasteiger partial charge in [0.25, 0.3) is 0 Å². The Morgan fingerprint density at radius 1 is 1.24 bits per heavy atom. The summed E-state index contributed by atoms with van der Waals surface area (Å²) in [6.45, 7) is 7.40. The Kier molecular flexibility index (Phi) is 3.83. The molecule has 0 amide bonds. The molecule has 2 aliphatic heterocycles. The largest absolute Gasteiger partial charge is 0.459 e. The molecule has 7 heteroatoms. The number of pyridine rings is 1. The van der Waals surface area contributed by atoms with Gasteiger partial charge in [0.1, 0.15) is 18.0 Å². The van der Waals surface area contributed by atoms with E-state index in [0.717, 1.165) is 42.7 Å². The van der Waals surface area contributed by atoms with Gasteiger partial charge in [-0.3, -0.25) is 14.8 Å². The number of ether oxygens (including phenoxy) is 1. The lowest BCUT2D eigenvalue weighted by molar-refractivity contribution is -0.163. The first kappa shape index (κ1) is 16.2. The van der Waals surface area contributed by atoms with Crippen molar-refractivity contribution in [1.82, 2.24) is 20.0 Å². The maximum Gasteiger partial charge on any atom is 0.326 e. The first-order chi connectivity index (χ1) is 11.9. The Morgan fingerprint density at radius 3 is 2.84 bits per heavy atom. The minimum absolute atomic E-state index is 0.142. The summed E-state index contributed by atoms with van der Waals surface area (Å²) < 4.78 is 5.68. The van der Waals surface area contributed by atoms with Gasteiger partial charge in [-0.25, -0.2) is 15.0 Å². The van der Waals surface area contributed by atoms with E-state index in [-0.39, 0.29) is 12.0 Å². The SMILES string of the molecule is CC(C)(C)OC(=O)C1C2CCN(c3ncnc4ccncc34)N1CC2. The molecule has 2 aliphatic rings. The van der Waals surface area contributed by atoms with Crippen molar-refractivity contribution >= 4 is 22.7 Å². The standard InChI is InChI=1S/C18H23N5O2/c1-18(2,3)25-17(24)15-12-5-8-22(15)23(9-6-12)16-13-10-19-7-4-14(13)20-11-21-16/h4,7,10-12,15H,5-6,8-9H2,1-3H3. The molecule has 2 fully saturated rings. The maximum atomic E-state index is 12.8. The normalized spacial score (nSPS) is 26.0. The number of aromatic nitrogens is 3. The number of carbonyl (C=O) groups excluding carboxylic acids is 1. The van der Waals surface area contributed by atoms with E-state index in [1.807, 2.05) is 26.8 Å². The number of rotatable bonds is 2. The number of nitrogens with zero attached hydrogens (tertiary/aromatic N) is 5. The van der Waals surface area contributed by atoms with E-state index in [4.69, 9.17) is 4.74 Å². The molecule has 2 saturated heterocycles. The van der Waals surface area contributed by atoms with Crippen molar-refractivity contribution in [3.05, 3.63) is 24.8 Å². The summed E-state index contributed by atoms with van der Waals surface area (Å²) in [6, 6.07) is 1.64. The molecule has 0 aliphatic carbocycles. The number of hydrazine groups is 1. The molecule has 2 aromatic rings. The van der Waals surface area contributed by atoms with E-state index in [2.05, 4.69) is 25.0 Å². The number of hydrogen-bond donors (Lipinski definition) is 0. The minimum atomic E-state index is -0.481. The van der Waals surface area contributed by atoms with Gasteiger partial charge in [-0.15, -0.1) is 0 Å². The summed E-state index contributed by atoms with van der Waals surface area (Å²) in [5.74, 6) is 1.01. The smallest absolute Gasteiger partial charge is 0.326 e. The van der Waals surface area contributed by atoms with Crippen LogP contribution in [0.4, 0.5) is 5.82 Å². The fourth-order valence-electron chi connectivity index (χ4n) is 3.82. The summed E-state index contributed by atoms with van der Waals surface area (Å²) in [6.07, 6.45) is 7.04. The quantitative estimate of drug-likeness (QED) is 0.775. The van der Waals surface area contributed by atoms with Crippen LogP contribution in [-0.2, 0) is 9.53 Å². The molecule has 0 N–H and O–H groups in total. The highest BCUT2D eigenvalue weighted by atomic mass is 16.6. The lowest BCUT2D eigenvalue weighted by atomic mass is 9.95. The zero-order valence-electron chi connectivity index (χ0n) is 14.8. The third kappa shape index (κ3) is 2.93. The zero-order valence-corrected chi connectivity index (χ0v) is 14.8. The van der Waals surface area contributed by atoms with Gasteiger partial charge >= 0.3 is 5.97 Å². The van der Waals surface area contributed by atoms with Crippen molar-refractivity contribution in [1.29, 1.82) is 0 Å². The molecule has 2 aromatic heterocycles. The van der Waals surface area contributed by atoms with Crippen molar-refractivity contribution in [2.75, 3.05) is 18.1 Å². The van der Waals surface area contributed by atoms with Gasteiger partial charge in [0, 0.05) is 25.5 Å². The minimum Gasteiger partial charge on any atom is -0.459 e. The van der Waals surface area contributed by atoms with Crippen LogP contribution in [0.5, 0.6) is 0 Å². The molecular weight excluding hydrogens is 318 g/mol. The van der Waals surface area contributed by atoms with Crippen LogP contribution in [0, 0.1) is 5.92 Å². The second-order valence-corrected chi connectivity index (χ2v) is 7.69. The van der Waals surface area contributed by atoms with Crippen LogP contribution in [0.2, 0.25) is 0 Å². The molecule has 132 valence electrons. The maximum absolute atomic E-state index is 12.8. The molecule has 4 heterocycles. The fraction of sp³-hybridized carbons (Fsp3) is 0.556. The van der Waals surface area contributed by atoms with Crippen molar-refractivity contribution in [2.45, 2.75) is 45.3 Å². The highest BCUT2D eigenvalue weighted by Crippen LogP contribution is 2.38. The lowest BCUT2D eigenvalue weighted by Gasteiger charge is -2.42. The van der Waals surface area contributed by atoms with Crippen molar-refractivity contribution < 1.29 is 9.53 Å². The molecule has 0 spiro atoms. The van der Waals surface area contributed by atoms with Gasteiger partial charge < -0.3 is 4.74 Å². The second kappa shape index (κ2) is 5.91. The van der Waals surface area contributed by atoms with Crippen molar-refractivity contribution in [3.8, 4) is 0 Å². The third-order valence-corrected chi connectivity index (χ3v) is 4.83. The van der Waals surface area contributed by atoms with Crippen LogP contribution in [-0.4, -0.2) is 50.7 Å². The Labute approximate surface area is 147 Å². The fourth-order valence-corrected chi connectivity index (χ4v) is 3.82.